The van der Waals surface area contributed by atoms with E-state index < -0.39 is 10.8 Å². The van der Waals surface area contributed by atoms with Crippen molar-refractivity contribution < 1.29 is 4.21 Å². The lowest BCUT2D eigenvalue weighted by Crippen LogP contribution is -1.93. The van der Waals surface area contributed by atoms with Crippen LogP contribution >= 0.6 is 63.7 Å². The summed E-state index contributed by atoms with van der Waals surface area (Å²) in [6, 6.07) is 11.3. The Hall–Kier alpha value is 0.510. The minimum Gasteiger partial charge on any atom is -0.249 e. The van der Waals surface area contributed by atoms with Crippen molar-refractivity contribution in [3.05, 3.63) is 54.3 Å². The molecule has 1 nitrogen and oxygen atoms in total. The monoisotopic (exact) mass is 514 g/mol. The van der Waals surface area contributed by atoms with Gasteiger partial charge >= 0.3 is 0 Å². The van der Waals surface area contributed by atoms with E-state index in [4.69, 9.17) is 0 Å². The molecule has 0 spiro atoms. The van der Waals surface area contributed by atoms with E-state index in [0.717, 1.165) is 27.7 Å². The zero-order valence-corrected chi connectivity index (χ0v) is 16.0. The lowest BCUT2D eigenvalue weighted by atomic mass is 10.4. The lowest BCUT2D eigenvalue weighted by Gasteiger charge is -2.05. The van der Waals surface area contributed by atoms with E-state index in [-0.39, 0.29) is 0 Å². The van der Waals surface area contributed by atoms with Crippen LogP contribution in [-0.4, -0.2) is 4.21 Å². The Morgan fingerprint density at radius 1 is 0.611 bits per heavy atom. The third kappa shape index (κ3) is 3.76. The summed E-state index contributed by atoms with van der Waals surface area (Å²) in [5.41, 5.74) is 0. The molecular formula is C12H6Br4OS. The SMILES string of the molecule is O=S(c1cc(Br)cc(Br)c1)c1cc(Br)cc(Br)c1. The Morgan fingerprint density at radius 2 is 0.889 bits per heavy atom. The highest BCUT2D eigenvalue weighted by molar-refractivity contribution is 9.11. The van der Waals surface area contributed by atoms with Crippen LogP contribution in [0.3, 0.4) is 0 Å². The van der Waals surface area contributed by atoms with Crippen LogP contribution < -0.4 is 0 Å². The fourth-order valence-electron chi connectivity index (χ4n) is 1.41. The summed E-state index contributed by atoms with van der Waals surface area (Å²) in [4.78, 5) is 1.50. The van der Waals surface area contributed by atoms with Crippen LogP contribution in [0.25, 0.3) is 0 Å². The summed E-state index contributed by atoms with van der Waals surface area (Å²) in [7, 11) is -1.21. The topological polar surface area (TPSA) is 17.1 Å². The summed E-state index contributed by atoms with van der Waals surface area (Å²) < 4.78 is 16.1. The molecule has 0 aliphatic rings. The highest BCUT2D eigenvalue weighted by Gasteiger charge is 2.10. The van der Waals surface area contributed by atoms with E-state index in [1.807, 2.05) is 36.4 Å². The van der Waals surface area contributed by atoms with Gasteiger partial charge in [0.05, 0.1) is 10.8 Å². The summed E-state index contributed by atoms with van der Waals surface area (Å²) >= 11 is 13.6. The first-order valence-corrected chi connectivity index (χ1v) is 9.12. The average Bonchev–Trinajstić information content (AvgIpc) is 2.25. The Balaban J connectivity index is 2.47. The molecule has 0 aliphatic carbocycles. The zero-order valence-electron chi connectivity index (χ0n) is 8.79. The first-order valence-electron chi connectivity index (χ1n) is 4.79. The molecule has 0 bridgehead atoms. The molecule has 0 radical (unpaired) electrons. The van der Waals surface area contributed by atoms with Crippen LogP contribution in [0.2, 0.25) is 0 Å². The number of hydrogen-bond acceptors (Lipinski definition) is 1. The molecule has 18 heavy (non-hydrogen) atoms. The quantitative estimate of drug-likeness (QED) is 0.484. The highest BCUT2D eigenvalue weighted by atomic mass is 79.9. The fourth-order valence-corrected chi connectivity index (χ4v) is 5.81. The molecule has 2 rings (SSSR count). The standard InChI is InChI=1S/C12H6Br4OS/c13-7-1-8(14)4-11(3-7)18(17)12-5-9(15)2-10(16)6-12/h1-6H. The second-order valence-corrected chi connectivity index (χ2v) is 8.62. The third-order valence-electron chi connectivity index (χ3n) is 2.10. The van der Waals surface area contributed by atoms with Gasteiger partial charge in [-0.25, -0.2) is 4.21 Å². The summed E-state index contributed by atoms with van der Waals surface area (Å²) in [5.74, 6) is 0. The van der Waals surface area contributed by atoms with Gasteiger partial charge in [0.25, 0.3) is 0 Å². The Labute approximate surface area is 141 Å². The highest BCUT2D eigenvalue weighted by Crippen LogP contribution is 2.28. The van der Waals surface area contributed by atoms with Gasteiger partial charge in [-0.15, -0.1) is 0 Å². The van der Waals surface area contributed by atoms with Crippen LogP contribution in [0.4, 0.5) is 0 Å². The van der Waals surface area contributed by atoms with Crippen molar-refractivity contribution >= 4 is 74.5 Å². The van der Waals surface area contributed by atoms with E-state index >= 15 is 0 Å². The Morgan fingerprint density at radius 3 is 1.17 bits per heavy atom. The minimum absolute atomic E-state index is 0.751. The first-order chi connectivity index (χ1) is 8.45. The zero-order chi connectivity index (χ0) is 13.3. The van der Waals surface area contributed by atoms with Gasteiger partial charge in [-0.05, 0) is 36.4 Å². The molecule has 0 N–H and O–H groups in total. The van der Waals surface area contributed by atoms with Crippen LogP contribution in [0.5, 0.6) is 0 Å². The van der Waals surface area contributed by atoms with Gasteiger partial charge in [-0.2, -0.15) is 0 Å². The fraction of sp³-hybridized carbons (Fsp3) is 0. The van der Waals surface area contributed by atoms with Gasteiger partial charge in [0.1, 0.15) is 0 Å². The smallest absolute Gasteiger partial charge is 0.0851 e. The Bertz CT molecular complexity index is 533. The van der Waals surface area contributed by atoms with Crippen LogP contribution in [0.1, 0.15) is 0 Å². The van der Waals surface area contributed by atoms with Gasteiger partial charge in [0.15, 0.2) is 0 Å². The second kappa shape index (κ2) is 6.31. The van der Waals surface area contributed by atoms with Crippen molar-refractivity contribution in [1.82, 2.24) is 0 Å². The van der Waals surface area contributed by atoms with Crippen LogP contribution in [-0.2, 0) is 10.8 Å². The molecule has 0 fully saturated rings. The molecule has 0 aromatic heterocycles. The van der Waals surface area contributed by atoms with Crippen LogP contribution in [0, 0.1) is 0 Å². The normalized spacial score (nSPS) is 10.9. The molecule has 2 aromatic rings. The molecular weight excluding hydrogens is 512 g/mol. The van der Waals surface area contributed by atoms with Gasteiger partial charge in [-0.3, -0.25) is 0 Å². The lowest BCUT2D eigenvalue weighted by molar-refractivity contribution is 0.683. The molecule has 0 unspecified atom stereocenters. The third-order valence-corrected chi connectivity index (χ3v) is 5.26. The van der Waals surface area contributed by atoms with E-state index in [9.17, 15) is 4.21 Å². The summed E-state index contributed by atoms with van der Waals surface area (Å²) in [6.07, 6.45) is 0. The number of rotatable bonds is 2. The van der Waals surface area contributed by atoms with Gasteiger partial charge in [0, 0.05) is 27.7 Å². The van der Waals surface area contributed by atoms with Crippen LogP contribution in [0.15, 0.2) is 64.1 Å². The maximum atomic E-state index is 12.5. The van der Waals surface area contributed by atoms with Gasteiger partial charge < -0.3 is 0 Å². The predicted octanol–water partition coefficient (Wildman–Crippen LogP) is 5.90. The summed E-state index contributed by atoms with van der Waals surface area (Å²) in [5, 5.41) is 0. The molecule has 0 heterocycles. The van der Waals surface area contributed by atoms with Crippen molar-refractivity contribution in [2.75, 3.05) is 0 Å². The van der Waals surface area contributed by atoms with E-state index in [0.29, 0.717) is 0 Å². The van der Waals surface area contributed by atoms with Crippen molar-refractivity contribution in [1.29, 1.82) is 0 Å². The van der Waals surface area contributed by atoms with Crippen molar-refractivity contribution in [3.63, 3.8) is 0 Å². The molecule has 94 valence electrons. The molecule has 0 atom stereocenters. The van der Waals surface area contributed by atoms with Gasteiger partial charge in [0.2, 0.25) is 0 Å². The molecule has 6 heteroatoms. The van der Waals surface area contributed by atoms with Crippen molar-refractivity contribution in [2.45, 2.75) is 9.79 Å². The predicted molar refractivity (Wildman–Crippen MR) is 88.4 cm³/mol. The molecule has 2 aromatic carbocycles. The van der Waals surface area contributed by atoms with E-state index in [1.54, 1.807) is 0 Å². The molecule has 0 amide bonds. The maximum Gasteiger partial charge on any atom is 0.0851 e. The van der Waals surface area contributed by atoms with Crippen molar-refractivity contribution in [3.8, 4) is 0 Å². The number of halogens is 4. The largest absolute Gasteiger partial charge is 0.249 e. The second-order valence-electron chi connectivity index (χ2n) is 3.48. The van der Waals surface area contributed by atoms with Gasteiger partial charge in [-0.1, -0.05) is 63.7 Å². The van der Waals surface area contributed by atoms with E-state index in [2.05, 4.69) is 63.7 Å². The minimum atomic E-state index is -1.21. The number of benzene rings is 2. The summed E-state index contributed by atoms with van der Waals surface area (Å²) in [6.45, 7) is 0. The Kier molecular flexibility index (Phi) is 5.22. The maximum absolute atomic E-state index is 12.5. The van der Waals surface area contributed by atoms with Crippen molar-refractivity contribution in [2.24, 2.45) is 0 Å². The molecule has 0 saturated carbocycles. The van der Waals surface area contributed by atoms with E-state index in [1.165, 1.54) is 0 Å². The first kappa shape index (κ1) is 14.9. The molecule has 0 saturated heterocycles. The number of hydrogen-bond donors (Lipinski definition) is 0. The molecule has 0 aliphatic heterocycles. The average molecular weight is 518 g/mol.